The van der Waals surface area contributed by atoms with E-state index in [2.05, 4.69) is 44.3 Å². The third kappa shape index (κ3) is 3.82. The minimum Gasteiger partial charge on any atom is -0.369 e. The van der Waals surface area contributed by atoms with E-state index in [1.807, 2.05) is 25.5 Å². The van der Waals surface area contributed by atoms with Crippen molar-refractivity contribution in [2.24, 2.45) is 11.1 Å². The average molecular weight is 280 g/mol. The zero-order valence-corrected chi connectivity index (χ0v) is 13.7. The molecule has 5 nitrogen and oxygen atoms in total. The van der Waals surface area contributed by atoms with Crippen molar-refractivity contribution in [1.29, 1.82) is 0 Å². The molecule has 0 spiro atoms. The quantitative estimate of drug-likeness (QED) is 0.867. The van der Waals surface area contributed by atoms with Crippen molar-refractivity contribution in [3.63, 3.8) is 0 Å². The predicted molar refractivity (Wildman–Crippen MR) is 81.4 cm³/mol. The van der Waals surface area contributed by atoms with Gasteiger partial charge in [0, 0.05) is 24.3 Å². The number of aryl methyl sites for hydroxylation is 1. The van der Waals surface area contributed by atoms with E-state index in [0.717, 1.165) is 11.3 Å². The monoisotopic (exact) mass is 280 g/mol. The molecular formula is C15H28N4O. The van der Waals surface area contributed by atoms with Crippen molar-refractivity contribution < 1.29 is 4.79 Å². The van der Waals surface area contributed by atoms with Gasteiger partial charge in [0.25, 0.3) is 0 Å². The number of primary amides is 1. The third-order valence-electron chi connectivity index (χ3n) is 3.61. The summed E-state index contributed by atoms with van der Waals surface area (Å²) < 4.78 is 1.98. The molecule has 0 aliphatic carbocycles. The SMILES string of the molecule is Cc1nn(C(C)(C)C)cc1C(C)NCC(C)(C)C(N)=O. The van der Waals surface area contributed by atoms with E-state index in [4.69, 9.17) is 5.73 Å². The van der Waals surface area contributed by atoms with Crippen LogP contribution in [0.25, 0.3) is 0 Å². The second kappa shape index (κ2) is 5.56. The molecule has 0 radical (unpaired) electrons. The predicted octanol–water partition coefficient (Wildman–Crippen LogP) is 2.11. The molecule has 0 aliphatic rings. The fourth-order valence-electron chi connectivity index (χ4n) is 1.85. The van der Waals surface area contributed by atoms with Crippen molar-refractivity contribution in [2.45, 2.75) is 60.0 Å². The van der Waals surface area contributed by atoms with E-state index in [9.17, 15) is 4.79 Å². The van der Waals surface area contributed by atoms with Crippen LogP contribution in [0.15, 0.2) is 6.20 Å². The maximum absolute atomic E-state index is 11.3. The summed E-state index contributed by atoms with van der Waals surface area (Å²) in [6.07, 6.45) is 2.07. The summed E-state index contributed by atoms with van der Waals surface area (Å²) >= 11 is 0. The fraction of sp³-hybridized carbons (Fsp3) is 0.733. The minimum absolute atomic E-state index is 0.0325. The van der Waals surface area contributed by atoms with Gasteiger partial charge in [0.1, 0.15) is 0 Å². The maximum atomic E-state index is 11.3. The van der Waals surface area contributed by atoms with Crippen LogP contribution in [-0.2, 0) is 10.3 Å². The van der Waals surface area contributed by atoms with Crippen molar-refractivity contribution in [3.8, 4) is 0 Å². The number of hydrogen-bond donors (Lipinski definition) is 2. The normalized spacial score (nSPS) is 14.3. The van der Waals surface area contributed by atoms with Gasteiger partial charge in [-0.3, -0.25) is 9.48 Å². The Bertz CT molecular complexity index is 483. The molecule has 0 aliphatic heterocycles. The van der Waals surface area contributed by atoms with Crippen LogP contribution < -0.4 is 11.1 Å². The largest absolute Gasteiger partial charge is 0.369 e. The zero-order valence-electron chi connectivity index (χ0n) is 13.7. The standard InChI is InChI=1S/C15H28N4O/c1-10(17-9-15(6,7)13(16)20)12-8-19(14(3,4)5)18-11(12)2/h8,10,17H,9H2,1-7H3,(H2,16,20). The van der Waals surface area contributed by atoms with Crippen molar-refractivity contribution in [1.82, 2.24) is 15.1 Å². The molecule has 0 bridgehead atoms. The van der Waals surface area contributed by atoms with E-state index < -0.39 is 5.41 Å². The van der Waals surface area contributed by atoms with Crippen LogP contribution in [0.1, 0.15) is 58.8 Å². The molecule has 1 rings (SSSR count). The fourth-order valence-corrected chi connectivity index (χ4v) is 1.85. The van der Waals surface area contributed by atoms with E-state index in [1.165, 1.54) is 0 Å². The molecule has 1 atom stereocenters. The van der Waals surface area contributed by atoms with Gasteiger partial charge in [0.15, 0.2) is 0 Å². The first-order valence-corrected chi connectivity index (χ1v) is 7.05. The van der Waals surface area contributed by atoms with Crippen LogP contribution in [-0.4, -0.2) is 22.2 Å². The molecule has 0 fully saturated rings. The molecule has 1 aromatic rings. The Kier molecular flexibility index (Phi) is 4.64. The smallest absolute Gasteiger partial charge is 0.224 e. The van der Waals surface area contributed by atoms with Gasteiger partial charge in [-0.2, -0.15) is 5.10 Å². The number of nitrogens with zero attached hydrogens (tertiary/aromatic N) is 2. The highest BCUT2D eigenvalue weighted by Crippen LogP contribution is 2.22. The second-order valence-electron chi connectivity index (χ2n) is 7.14. The molecule has 0 saturated carbocycles. The molecule has 3 N–H and O–H groups in total. The molecule has 1 amide bonds. The van der Waals surface area contributed by atoms with Gasteiger partial charge in [0.2, 0.25) is 5.91 Å². The Hall–Kier alpha value is -1.36. The zero-order chi connectivity index (χ0) is 15.7. The Morgan fingerprint density at radius 3 is 2.35 bits per heavy atom. The van der Waals surface area contributed by atoms with Crippen LogP contribution in [0.4, 0.5) is 0 Å². The van der Waals surface area contributed by atoms with Crippen LogP contribution in [0.5, 0.6) is 0 Å². The van der Waals surface area contributed by atoms with E-state index in [1.54, 1.807) is 0 Å². The highest BCUT2D eigenvalue weighted by atomic mass is 16.1. The average Bonchev–Trinajstić information content (AvgIpc) is 2.68. The number of carbonyl (C=O) groups excluding carboxylic acids is 1. The number of carbonyl (C=O) groups is 1. The molecule has 1 heterocycles. The van der Waals surface area contributed by atoms with Gasteiger partial charge in [-0.25, -0.2) is 0 Å². The van der Waals surface area contributed by atoms with Crippen LogP contribution >= 0.6 is 0 Å². The molecule has 0 aromatic carbocycles. The number of aromatic nitrogens is 2. The summed E-state index contributed by atoms with van der Waals surface area (Å²) in [5.74, 6) is -0.292. The number of rotatable bonds is 5. The number of nitrogens with two attached hydrogens (primary N) is 1. The first kappa shape index (κ1) is 16.7. The van der Waals surface area contributed by atoms with Gasteiger partial charge in [-0.05, 0) is 48.5 Å². The van der Waals surface area contributed by atoms with Crippen molar-refractivity contribution in [2.75, 3.05) is 6.54 Å². The Labute approximate surface area is 121 Å². The number of amides is 1. The summed E-state index contributed by atoms with van der Waals surface area (Å²) in [5.41, 5.74) is 6.97. The van der Waals surface area contributed by atoms with E-state index in [0.29, 0.717) is 6.54 Å². The van der Waals surface area contributed by atoms with Gasteiger partial charge < -0.3 is 11.1 Å². The summed E-state index contributed by atoms with van der Waals surface area (Å²) in [5, 5.41) is 7.94. The molecule has 1 unspecified atom stereocenters. The molecule has 5 heteroatoms. The van der Waals surface area contributed by atoms with Gasteiger partial charge >= 0.3 is 0 Å². The van der Waals surface area contributed by atoms with Gasteiger partial charge in [0.05, 0.1) is 16.6 Å². The Balaban J connectivity index is 2.81. The van der Waals surface area contributed by atoms with Gasteiger partial charge in [-0.1, -0.05) is 0 Å². The summed E-state index contributed by atoms with van der Waals surface area (Å²) in [6, 6.07) is 0.129. The number of hydrogen-bond acceptors (Lipinski definition) is 3. The highest BCUT2D eigenvalue weighted by Gasteiger charge is 2.26. The topological polar surface area (TPSA) is 72.9 Å². The Morgan fingerprint density at radius 1 is 1.40 bits per heavy atom. The summed E-state index contributed by atoms with van der Waals surface area (Å²) in [4.78, 5) is 11.3. The minimum atomic E-state index is -0.553. The lowest BCUT2D eigenvalue weighted by Gasteiger charge is -2.24. The molecule has 0 saturated heterocycles. The lowest BCUT2D eigenvalue weighted by molar-refractivity contribution is -0.125. The molecular weight excluding hydrogens is 252 g/mol. The first-order chi connectivity index (χ1) is 8.95. The highest BCUT2D eigenvalue weighted by molar-refractivity contribution is 5.80. The van der Waals surface area contributed by atoms with E-state index >= 15 is 0 Å². The van der Waals surface area contributed by atoms with Crippen molar-refractivity contribution >= 4 is 5.91 Å². The van der Waals surface area contributed by atoms with Crippen LogP contribution in [0.3, 0.4) is 0 Å². The van der Waals surface area contributed by atoms with Crippen LogP contribution in [0, 0.1) is 12.3 Å². The first-order valence-electron chi connectivity index (χ1n) is 7.05. The molecule has 1 aromatic heterocycles. The molecule has 114 valence electrons. The van der Waals surface area contributed by atoms with Gasteiger partial charge in [-0.15, -0.1) is 0 Å². The number of nitrogens with one attached hydrogen (secondary N) is 1. The lowest BCUT2D eigenvalue weighted by Crippen LogP contribution is -2.41. The summed E-state index contributed by atoms with van der Waals surface area (Å²) in [7, 11) is 0. The lowest BCUT2D eigenvalue weighted by atomic mass is 9.92. The third-order valence-corrected chi connectivity index (χ3v) is 3.61. The Morgan fingerprint density at radius 2 is 1.95 bits per heavy atom. The summed E-state index contributed by atoms with van der Waals surface area (Å²) in [6.45, 7) is 14.7. The van der Waals surface area contributed by atoms with Crippen LogP contribution in [0.2, 0.25) is 0 Å². The second-order valence-corrected chi connectivity index (χ2v) is 7.14. The maximum Gasteiger partial charge on any atom is 0.224 e. The molecule has 20 heavy (non-hydrogen) atoms. The van der Waals surface area contributed by atoms with Crippen molar-refractivity contribution in [3.05, 3.63) is 17.5 Å². The van der Waals surface area contributed by atoms with E-state index in [-0.39, 0.29) is 17.5 Å².